The van der Waals surface area contributed by atoms with Gasteiger partial charge in [0, 0.05) is 34.4 Å². The molecule has 0 spiro atoms. The largest absolute Gasteiger partial charge is 0.349 e. The van der Waals surface area contributed by atoms with Crippen LogP contribution < -0.4 is 0 Å². The number of aliphatic imine (C=N–C) groups is 1. The van der Waals surface area contributed by atoms with Crippen molar-refractivity contribution in [1.29, 1.82) is 0 Å². The lowest BCUT2D eigenvalue weighted by Gasteiger charge is -2.22. The molecule has 1 aromatic rings. The first-order valence-electron chi connectivity index (χ1n) is 4.77. The number of halogens is 1. The minimum atomic E-state index is 0. The maximum Gasteiger partial charge on any atom is 0.195 e. The van der Waals surface area contributed by atoms with E-state index < -0.39 is 0 Å². The molecule has 1 heterocycles. The van der Waals surface area contributed by atoms with E-state index in [0.29, 0.717) is 6.54 Å². The highest BCUT2D eigenvalue weighted by atomic mass is 127. The summed E-state index contributed by atoms with van der Waals surface area (Å²) in [5, 5.41) is 7.78. The molecule has 1 aromatic heterocycles. The first kappa shape index (κ1) is 15.1. The van der Waals surface area contributed by atoms with Crippen LogP contribution >= 0.6 is 24.0 Å². The van der Waals surface area contributed by atoms with Crippen molar-refractivity contribution in [3.63, 3.8) is 0 Å². The van der Waals surface area contributed by atoms with Crippen LogP contribution in [0.15, 0.2) is 23.3 Å². The van der Waals surface area contributed by atoms with Gasteiger partial charge in [0.25, 0.3) is 0 Å². The molecule has 1 rings (SSSR count). The third-order valence-corrected chi connectivity index (χ3v) is 1.81. The molecule has 0 fully saturated rings. The van der Waals surface area contributed by atoms with Crippen LogP contribution in [0.4, 0.5) is 0 Å². The number of aromatic nitrogens is 2. The first-order valence-corrected chi connectivity index (χ1v) is 4.77. The molecule has 0 aliphatic carbocycles. The summed E-state index contributed by atoms with van der Waals surface area (Å²) < 4.78 is 0. The van der Waals surface area contributed by atoms with Gasteiger partial charge in [-0.15, -0.1) is 24.0 Å². The van der Waals surface area contributed by atoms with E-state index in [0.717, 1.165) is 11.7 Å². The summed E-state index contributed by atoms with van der Waals surface area (Å²) >= 11 is 0. The molecule has 0 aromatic carbocycles. The monoisotopic (exact) mass is 335 g/mol. The summed E-state index contributed by atoms with van der Waals surface area (Å²) in [4.78, 5) is 8.40. The number of guanidine groups is 1. The maximum absolute atomic E-state index is 4.46. The molecular weight excluding hydrogens is 317 g/mol. The Kier molecular flexibility index (Phi) is 6.95. The lowest BCUT2D eigenvalue weighted by atomic mass is 10.4. The van der Waals surface area contributed by atoms with E-state index in [9.17, 15) is 0 Å². The Hall–Kier alpha value is -0.920. The molecule has 0 saturated carbocycles. The molecule has 0 bridgehead atoms. The van der Waals surface area contributed by atoms with Gasteiger partial charge >= 0.3 is 0 Å². The highest BCUT2D eigenvalue weighted by molar-refractivity contribution is 14.0. The second-order valence-corrected chi connectivity index (χ2v) is 3.62. The molecule has 0 N–H and O–H groups in total. The second kappa shape index (κ2) is 7.37. The van der Waals surface area contributed by atoms with E-state index in [2.05, 4.69) is 15.2 Å². The highest BCUT2D eigenvalue weighted by Gasteiger charge is 2.03. The van der Waals surface area contributed by atoms with Crippen molar-refractivity contribution < 1.29 is 0 Å². The Morgan fingerprint density at radius 3 is 2.31 bits per heavy atom. The number of nitrogens with zero attached hydrogens (tertiary/aromatic N) is 5. The molecule has 0 unspecified atom stereocenters. The number of hydrogen-bond acceptors (Lipinski definition) is 3. The van der Waals surface area contributed by atoms with Gasteiger partial charge in [-0.3, -0.25) is 0 Å². The standard InChI is InChI=1S/C10H17N5.HI/c1-14(2)10(15(3)4)11-8-9-6-5-7-12-13-9;/h5-7H,8H2,1-4H3;1H. The van der Waals surface area contributed by atoms with Crippen molar-refractivity contribution in [3.05, 3.63) is 24.0 Å². The number of rotatable bonds is 2. The van der Waals surface area contributed by atoms with Gasteiger partial charge in [-0.05, 0) is 12.1 Å². The quantitative estimate of drug-likeness (QED) is 0.461. The summed E-state index contributed by atoms with van der Waals surface area (Å²) in [5.74, 6) is 0.917. The Bertz CT molecular complexity index is 313. The minimum Gasteiger partial charge on any atom is -0.349 e. The van der Waals surface area contributed by atoms with Gasteiger partial charge in [0.1, 0.15) is 0 Å². The zero-order valence-corrected chi connectivity index (χ0v) is 12.4. The van der Waals surface area contributed by atoms with Crippen LogP contribution in [0.2, 0.25) is 0 Å². The van der Waals surface area contributed by atoms with E-state index in [4.69, 9.17) is 0 Å². The summed E-state index contributed by atoms with van der Waals surface area (Å²) in [7, 11) is 7.87. The SMILES string of the molecule is CN(C)C(=NCc1cccnn1)N(C)C.I. The van der Waals surface area contributed by atoms with Gasteiger partial charge in [-0.1, -0.05) is 0 Å². The van der Waals surface area contributed by atoms with Crippen LogP contribution in [0.3, 0.4) is 0 Å². The molecule has 0 amide bonds. The van der Waals surface area contributed by atoms with Crippen molar-refractivity contribution in [1.82, 2.24) is 20.0 Å². The average Bonchev–Trinajstić information content (AvgIpc) is 2.18. The van der Waals surface area contributed by atoms with E-state index >= 15 is 0 Å². The van der Waals surface area contributed by atoms with E-state index in [1.807, 2.05) is 50.1 Å². The Balaban J connectivity index is 0.00000225. The normalized spacial score (nSPS) is 9.00. The average molecular weight is 335 g/mol. The number of hydrogen-bond donors (Lipinski definition) is 0. The van der Waals surface area contributed by atoms with Gasteiger partial charge in [0.15, 0.2) is 5.96 Å². The summed E-state index contributed by atoms with van der Waals surface area (Å²) in [6, 6.07) is 3.78. The van der Waals surface area contributed by atoms with E-state index in [-0.39, 0.29) is 24.0 Å². The van der Waals surface area contributed by atoms with Crippen molar-refractivity contribution in [2.24, 2.45) is 4.99 Å². The van der Waals surface area contributed by atoms with E-state index in [1.165, 1.54) is 0 Å². The van der Waals surface area contributed by atoms with E-state index in [1.54, 1.807) is 6.20 Å². The molecule has 90 valence electrons. The fourth-order valence-corrected chi connectivity index (χ4v) is 1.25. The molecule has 0 atom stereocenters. The minimum absolute atomic E-state index is 0. The fraction of sp³-hybridized carbons (Fsp3) is 0.500. The third kappa shape index (κ3) is 4.73. The lowest BCUT2D eigenvalue weighted by molar-refractivity contribution is 0.479. The molecule has 0 aliphatic heterocycles. The zero-order chi connectivity index (χ0) is 11.3. The summed E-state index contributed by atoms with van der Waals surface area (Å²) in [6.45, 7) is 0.555. The van der Waals surface area contributed by atoms with Crippen LogP contribution in [0, 0.1) is 0 Å². The predicted molar refractivity (Wildman–Crippen MR) is 76.0 cm³/mol. The van der Waals surface area contributed by atoms with Crippen molar-refractivity contribution >= 4 is 29.9 Å². The van der Waals surface area contributed by atoms with Crippen LogP contribution in [0.25, 0.3) is 0 Å². The molecule has 16 heavy (non-hydrogen) atoms. The van der Waals surface area contributed by atoms with Gasteiger partial charge in [0.2, 0.25) is 0 Å². The Morgan fingerprint density at radius 2 is 1.88 bits per heavy atom. The smallest absolute Gasteiger partial charge is 0.195 e. The molecule has 5 nitrogen and oxygen atoms in total. The Labute approximate surface area is 114 Å². The molecule has 6 heteroatoms. The topological polar surface area (TPSA) is 44.6 Å². The van der Waals surface area contributed by atoms with Gasteiger partial charge in [-0.25, -0.2) is 4.99 Å². The van der Waals surface area contributed by atoms with Crippen molar-refractivity contribution in [2.75, 3.05) is 28.2 Å². The predicted octanol–water partition coefficient (Wildman–Crippen LogP) is 1.07. The van der Waals surface area contributed by atoms with Crippen LogP contribution in [-0.2, 0) is 6.54 Å². The summed E-state index contributed by atoms with van der Waals surface area (Å²) in [6.07, 6.45) is 1.66. The van der Waals surface area contributed by atoms with Gasteiger partial charge in [-0.2, -0.15) is 10.2 Å². The first-order chi connectivity index (χ1) is 7.11. The molecular formula is C10H18IN5. The van der Waals surface area contributed by atoms with Gasteiger partial charge < -0.3 is 9.80 Å². The van der Waals surface area contributed by atoms with Crippen LogP contribution in [-0.4, -0.2) is 54.1 Å². The molecule has 0 aliphatic rings. The van der Waals surface area contributed by atoms with Crippen molar-refractivity contribution in [2.45, 2.75) is 6.54 Å². The maximum atomic E-state index is 4.46. The zero-order valence-electron chi connectivity index (χ0n) is 10.1. The molecule has 0 radical (unpaired) electrons. The van der Waals surface area contributed by atoms with Crippen molar-refractivity contribution in [3.8, 4) is 0 Å². The molecule has 0 saturated heterocycles. The second-order valence-electron chi connectivity index (χ2n) is 3.62. The van der Waals surface area contributed by atoms with Crippen LogP contribution in [0.1, 0.15) is 5.69 Å². The summed E-state index contributed by atoms with van der Waals surface area (Å²) in [5.41, 5.74) is 0.874. The lowest BCUT2D eigenvalue weighted by Crippen LogP contribution is -2.35. The van der Waals surface area contributed by atoms with Crippen LogP contribution in [0.5, 0.6) is 0 Å². The van der Waals surface area contributed by atoms with Gasteiger partial charge in [0.05, 0.1) is 12.2 Å². The fourth-order valence-electron chi connectivity index (χ4n) is 1.25. The Morgan fingerprint density at radius 1 is 1.25 bits per heavy atom. The highest BCUT2D eigenvalue weighted by Crippen LogP contribution is 1.96. The third-order valence-electron chi connectivity index (χ3n) is 1.81.